The van der Waals surface area contributed by atoms with E-state index in [1.54, 1.807) is 23.3 Å². The molecule has 0 spiro atoms. The quantitative estimate of drug-likeness (QED) is 0.500. The summed E-state index contributed by atoms with van der Waals surface area (Å²) in [5, 5.41) is 21.4. The Labute approximate surface area is 190 Å². The monoisotopic (exact) mass is 465 g/mol. The summed E-state index contributed by atoms with van der Waals surface area (Å²) in [6, 6.07) is 4.71. The molecule has 1 aliphatic carbocycles. The fourth-order valence-electron chi connectivity index (χ4n) is 3.29. The number of carbonyl (C=O) groups excluding carboxylic acids is 1. The number of hydrogen-bond acceptors (Lipinski definition) is 8. The number of halogens is 1. The molecular formula is C22H28FN3O5S. The number of carbonyl (C=O) groups is 1. The number of hydrogen-bond donors (Lipinski definition) is 2. The second-order valence-electron chi connectivity index (χ2n) is 8.31. The zero-order valence-electron chi connectivity index (χ0n) is 18.4. The molecule has 10 heteroatoms. The molecule has 4 rings (SSSR count). The van der Waals surface area contributed by atoms with Crippen LogP contribution in [0.25, 0.3) is 11.4 Å². The molecule has 1 aromatic heterocycles. The normalized spacial score (nSPS) is 20.5. The van der Waals surface area contributed by atoms with Crippen molar-refractivity contribution in [3.63, 3.8) is 0 Å². The minimum absolute atomic E-state index is 0.115. The summed E-state index contributed by atoms with van der Waals surface area (Å²) >= 11 is 1.33. The molecule has 32 heavy (non-hydrogen) atoms. The van der Waals surface area contributed by atoms with Gasteiger partial charge in [0.25, 0.3) is 5.89 Å². The number of piperidine rings is 1. The zero-order valence-corrected chi connectivity index (χ0v) is 19.2. The van der Waals surface area contributed by atoms with Crippen LogP contribution in [0, 0.1) is 11.7 Å². The first-order valence-electron chi connectivity index (χ1n) is 10.3. The fourth-order valence-corrected chi connectivity index (χ4v) is 3.75. The topological polar surface area (TPSA) is 109 Å². The molecule has 1 amide bonds. The van der Waals surface area contributed by atoms with Gasteiger partial charge in [0, 0.05) is 23.5 Å². The first-order chi connectivity index (χ1) is 15.3. The van der Waals surface area contributed by atoms with Gasteiger partial charge in [0.2, 0.25) is 5.82 Å². The Morgan fingerprint density at radius 1 is 1.47 bits per heavy atom. The molecule has 2 heterocycles. The van der Waals surface area contributed by atoms with E-state index in [9.17, 15) is 9.18 Å². The van der Waals surface area contributed by atoms with Crippen LogP contribution < -0.4 is 0 Å². The van der Waals surface area contributed by atoms with Crippen molar-refractivity contribution in [3.05, 3.63) is 41.7 Å². The van der Waals surface area contributed by atoms with Gasteiger partial charge in [-0.15, -0.1) is 11.8 Å². The van der Waals surface area contributed by atoms with Crippen molar-refractivity contribution in [1.29, 1.82) is 0 Å². The Kier molecular flexibility index (Phi) is 7.78. The molecule has 2 fully saturated rings. The maximum atomic E-state index is 13.5. The van der Waals surface area contributed by atoms with E-state index in [1.807, 2.05) is 6.92 Å². The number of rotatable bonds is 4. The number of nitrogens with zero attached hydrogens (tertiary/aromatic N) is 3. The first-order valence-corrected chi connectivity index (χ1v) is 11.6. The predicted molar refractivity (Wildman–Crippen MR) is 118 cm³/mol. The van der Waals surface area contributed by atoms with Gasteiger partial charge in [-0.25, -0.2) is 9.18 Å². The Balaban J connectivity index is 0.000000181. The molecule has 1 saturated heterocycles. The van der Waals surface area contributed by atoms with Crippen LogP contribution >= 0.6 is 11.8 Å². The fraction of sp³-hybridized carbons (Fsp3) is 0.500. The van der Waals surface area contributed by atoms with Crippen LogP contribution in [0.2, 0.25) is 0 Å². The summed E-state index contributed by atoms with van der Waals surface area (Å²) in [5.74, 6) is 0.451. The Morgan fingerprint density at radius 3 is 2.78 bits per heavy atom. The molecule has 1 saturated carbocycles. The number of aliphatic hydroxyl groups excluding tert-OH is 2. The highest BCUT2D eigenvalue weighted by Gasteiger charge is 2.43. The lowest BCUT2D eigenvalue weighted by atomic mass is 9.97. The molecule has 0 radical (unpaired) electrons. The summed E-state index contributed by atoms with van der Waals surface area (Å²) in [6.45, 7) is 4.92. The van der Waals surface area contributed by atoms with Crippen LogP contribution in [0.15, 0.2) is 39.5 Å². The molecule has 2 N–H and O–H groups in total. The van der Waals surface area contributed by atoms with E-state index in [0.717, 1.165) is 31.1 Å². The number of ether oxygens (including phenoxy) is 1. The molecule has 174 valence electrons. The molecule has 2 aliphatic rings. The molecule has 0 bridgehead atoms. The number of thioether (sulfide) groups is 1. The Bertz CT molecular complexity index is 976. The van der Waals surface area contributed by atoms with Gasteiger partial charge in [-0.3, -0.25) is 0 Å². The lowest BCUT2D eigenvalue weighted by Crippen LogP contribution is -2.42. The Hall–Kier alpha value is -2.59. The summed E-state index contributed by atoms with van der Waals surface area (Å²) in [7, 11) is 0. The standard InChI is InChI=1S/C12H19NO3.C10H9FN2O2S/c1-9-5-10(8-14)7-13(6-9)11(15)16-12(2)3-4-12;1-16-8-3-2-6(4-7(8)11)10-12-9(5-14)15-13-10/h8-9,14H,3-7H2,1-2H3;2-4,14H,5H2,1H3/b10-8-;. The van der Waals surface area contributed by atoms with Gasteiger partial charge in [0.05, 0.1) is 6.26 Å². The minimum Gasteiger partial charge on any atom is -0.516 e. The third-order valence-electron chi connectivity index (χ3n) is 5.28. The van der Waals surface area contributed by atoms with Crippen molar-refractivity contribution < 1.29 is 28.7 Å². The van der Waals surface area contributed by atoms with Gasteiger partial charge >= 0.3 is 6.09 Å². The number of aliphatic hydroxyl groups is 2. The molecule has 1 aromatic carbocycles. The molecule has 2 aromatic rings. The maximum absolute atomic E-state index is 13.5. The highest BCUT2D eigenvalue weighted by atomic mass is 32.2. The van der Waals surface area contributed by atoms with Crippen LogP contribution in [0.3, 0.4) is 0 Å². The van der Waals surface area contributed by atoms with Crippen molar-refractivity contribution >= 4 is 17.9 Å². The maximum Gasteiger partial charge on any atom is 0.410 e. The average molecular weight is 466 g/mol. The second kappa shape index (κ2) is 10.4. The molecule has 1 unspecified atom stereocenters. The van der Waals surface area contributed by atoms with Crippen molar-refractivity contribution in [2.75, 3.05) is 19.3 Å². The van der Waals surface area contributed by atoms with Gasteiger partial charge in [0.15, 0.2) is 0 Å². The zero-order chi connectivity index (χ0) is 23.3. The highest BCUT2D eigenvalue weighted by Crippen LogP contribution is 2.39. The summed E-state index contributed by atoms with van der Waals surface area (Å²) < 4.78 is 23.6. The lowest BCUT2D eigenvalue weighted by Gasteiger charge is -2.32. The van der Waals surface area contributed by atoms with E-state index in [-0.39, 0.29) is 35.8 Å². The van der Waals surface area contributed by atoms with Gasteiger partial charge in [-0.05, 0) is 62.1 Å². The lowest BCUT2D eigenvalue weighted by molar-refractivity contribution is 0.0532. The largest absolute Gasteiger partial charge is 0.516 e. The summed E-state index contributed by atoms with van der Waals surface area (Å²) in [5.41, 5.74) is 1.20. The van der Waals surface area contributed by atoms with Crippen LogP contribution in [0.4, 0.5) is 9.18 Å². The predicted octanol–water partition coefficient (Wildman–Crippen LogP) is 4.55. The van der Waals surface area contributed by atoms with Crippen molar-refractivity contribution in [3.8, 4) is 11.4 Å². The second-order valence-corrected chi connectivity index (χ2v) is 9.16. The number of likely N-dealkylation sites (tertiary alicyclic amines) is 1. The third-order valence-corrected chi connectivity index (χ3v) is 6.05. The van der Waals surface area contributed by atoms with Crippen LogP contribution in [-0.4, -0.2) is 56.3 Å². The van der Waals surface area contributed by atoms with Crippen LogP contribution in [0.1, 0.15) is 39.0 Å². The van der Waals surface area contributed by atoms with E-state index in [2.05, 4.69) is 17.1 Å². The van der Waals surface area contributed by atoms with Gasteiger partial charge in [-0.2, -0.15) is 4.98 Å². The van der Waals surface area contributed by atoms with Crippen LogP contribution in [0.5, 0.6) is 0 Å². The third kappa shape index (κ3) is 6.23. The first kappa shape index (κ1) is 24.1. The average Bonchev–Trinajstić information content (AvgIpc) is 3.31. The smallest absolute Gasteiger partial charge is 0.410 e. The summed E-state index contributed by atoms with van der Waals surface area (Å²) in [6.07, 6.45) is 5.46. The van der Waals surface area contributed by atoms with E-state index in [4.69, 9.17) is 19.5 Å². The number of benzene rings is 1. The van der Waals surface area contributed by atoms with Gasteiger partial charge in [0.1, 0.15) is 18.0 Å². The van der Waals surface area contributed by atoms with E-state index >= 15 is 0 Å². The van der Waals surface area contributed by atoms with Crippen molar-refractivity contribution in [1.82, 2.24) is 15.0 Å². The molecular weight excluding hydrogens is 437 g/mol. The number of aromatic nitrogens is 2. The van der Waals surface area contributed by atoms with Gasteiger partial charge < -0.3 is 24.4 Å². The van der Waals surface area contributed by atoms with E-state index < -0.39 is 0 Å². The molecule has 1 aliphatic heterocycles. The molecule has 8 nitrogen and oxygen atoms in total. The van der Waals surface area contributed by atoms with Crippen LogP contribution in [-0.2, 0) is 11.3 Å². The van der Waals surface area contributed by atoms with E-state index in [0.29, 0.717) is 29.5 Å². The molecule has 1 atom stereocenters. The Morgan fingerprint density at radius 2 is 2.22 bits per heavy atom. The van der Waals surface area contributed by atoms with Crippen molar-refractivity contribution in [2.24, 2.45) is 5.92 Å². The van der Waals surface area contributed by atoms with E-state index in [1.165, 1.54) is 17.8 Å². The number of amides is 1. The minimum atomic E-state index is -0.321. The van der Waals surface area contributed by atoms with Gasteiger partial charge in [-0.1, -0.05) is 12.1 Å². The SMILES string of the molecule is CC1C/C(=C/O)CN(C(=O)OC2(C)CC2)C1.CSc1ccc(-c2noc(CO)n2)cc1F. The van der Waals surface area contributed by atoms with Crippen molar-refractivity contribution in [2.45, 2.75) is 50.2 Å². The highest BCUT2D eigenvalue weighted by molar-refractivity contribution is 7.98. The summed E-state index contributed by atoms with van der Waals surface area (Å²) in [4.78, 5) is 18.0.